The summed E-state index contributed by atoms with van der Waals surface area (Å²) in [7, 11) is 0. The van der Waals surface area contributed by atoms with E-state index in [0.717, 1.165) is 28.8 Å². The second-order valence-corrected chi connectivity index (χ2v) is 4.59. The van der Waals surface area contributed by atoms with Gasteiger partial charge in [0.15, 0.2) is 0 Å². The molecule has 1 unspecified atom stereocenters. The number of hydrogen-bond donors (Lipinski definition) is 2. The molecule has 20 heavy (non-hydrogen) atoms. The molecule has 5 nitrogen and oxygen atoms in total. The molecule has 1 atom stereocenters. The number of fused-ring (bicyclic) bond motifs is 1. The van der Waals surface area contributed by atoms with Gasteiger partial charge in [0.25, 0.3) is 0 Å². The summed E-state index contributed by atoms with van der Waals surface area (Å²) in [5, 5.41) is 2.23. The molecule has 0 amide bonds. The first kappa shape index (κ1) is 12.8. The first-order valence-corrected chi connectivity index (χ1v) is 6.66. The lowest BCUT2D eigenvalue weighted by molar-refractivity contribution is 0.553. The van der Waals surface area contributed by atoms with Crippen LogP contribution >= 0.6 is 0 Å². The SMILES string of the molecule is CCn1ccnc1C(NN)c1nccc2ccccc12. The largest absolute Gasteiger partial charge is 0.334 e. The maximum Gasteiger partial charge on any atom is 0.133 e. The summed E-state index contributed by atoms with van der Waals surface area (Å²) in [6.07, 6.45) is 5.54. The van der Waals surface area contributed by atoms with E-state index in [1.807, 2.05) is 24.4 Å². The third-order valence-electron chi connectivity index (χ3n) is 3.49. The van der Waals surface area contributed by atoms with Gasteiger partial charge in [-0.15, -0.1) is 0 Å². The average molecular weight is 267 g/mol. The lowest BCUT2D eigenvalue weighted by Crippen LogP contribution is -2.31. The number of nitrogens with one attached hydrogen (secondary N) is 1. The van der Waals surface area contributed by atoms with Crippen molar-refractivity contribution in [2.45, 2.75) is 19.5 Å². The van der Waals surface area contributed by atoms with Gasteiger partial charge in [-0.3, -0.25) is 10.8 Å². The maximum atomic E-state index is 5.77. The smallest absolute Gasteiger partial charge is 0.133 e. The van der Waals surface area contributed by atoms with E-state index in [1.54, 1.807) is 12.4 Å². The third kappa shape index (κ3) is 2.07. The number of pyridine rings is 1. The predicted octanol–water partition coefficient (Wildman–Crippen LogP) is 2.00. The van der Waals surface area contributed by atoms with Crippen LogP contribution in [0.1, 0.15) is 24.5 Å². The first-order chi connectivity index (χ1) is 9.85. The van der Waals surface area contributed by atoms with E-state index in [2.05, 4.69) is 39.0 Å². The molecule has 102 valence electrons. The summed E-state index contributed by atoms with van der Waals surface area (Å²) >= 11 is 0. The molecule has 0 saturated heterocycles. The Morgan fingerprint density at radius 1 is 1.20 bits per heavy atom. The predicted molar refractivity (Wildman–Crippen MR) is 78.8 cm³/mol. The number of aryl methyl sites for hydroxylation is 1. The van der Waals surface area contributed by atoms with Crippen LogP contribution in [-0.4, -0.2) is 14.5 Å². The standard InChI is InChI=1S/C15H17N5/c1-2-20-10-9-18-15(20)14(19-16)13-12-6-4-3-5-11(12)7-8-17-13/h3-10,14,19H,2,16H2,1H3. The van der Waals surface area contributed by atoms with Crippen LogP contribution in [0.5, 0.6) is 0 Å². The molecular weight excluding hydrogens is 250 g/mol. The first-order valence-electron chi connectivity index (χ1n) is 6.66. The van der Waals surface area contributed by atoms with Crippen LogP contribution in [0.15, 0.2) is 48.9 Å². The number of benzene rings is 1. The van der Waals surface area contributed by atoms with E-state index >= 15 is 0 Å². The van der Waals surface area contributed by atoms with Crippen LogP contribution in [0.2, 0.25) is 0 Å². The monoisotopic (exact) mass is 267 g/mol. The zero-order chi connectivity index (χ0) is 13.9. The van der Waals surface area contributed by atoms with Crippen molar-refractivity contribution in [3.8, 4) is 0 Å². The normalized spacial score (nSPS) is 12.7. The van der Waals surface area contributed by atoms with Gasteiger partial charge in [0.05, 0.1) is 5.69 Å². The van der Waals surface area contributed by atoms with Crippen molar-refractivity contribution in [2.75, 3.05) is 0 Å². The van der Waals surface area contributed by atoms with Crippen LogP contribution in [0.25, 0.3) is 10.8 Å². The van der Waals surface area contributed by atoms with Crippen LogP contribution in [0.4, 0.5) is 0 Å². The van der Waals surface area contributed by atoms with Crippen LogP contribution in [0, 0.1) is 0 Å². The number of nitrogens with two attached hydrogens (primary N) is 1. The Morgan fingerprint density at radius 2 is 2.05 bits per heavy atom. The second-order valence-electron chi connectivity index (χ2n) is 4.59. The number of rotatable bonds is 4. The number of hydrazine groups is 1. The molecule has 3 aromatic rings. The van der Waals surface area contributed by atoms with Gasteiger partial charge in [0, 0.05) is 30.5 Å². The zero-order valence-electron chi connectivity index (χ0n) is 11.3. The molecule has 1 aromatic carbocycles. The zero-order valence-corrected chi connectivity index (χ0v) is 11.3. The van der Waals surface area contributed by atoms with Crippen LogP contribution < -0.4 is 11.3 Å². The lowest BCUT2D eigenvalue weighted by Gasteiger charge is -2.18. The van der Waals surface area contributed by atoms with Gasteiger partial charge >= 0.3 is 0 Å². The van der Waals surface area contributed by atoms with Gasteiger partial charge in [-0.05, 0) is 18.4 Å². The highest BCUT2D eigenvalue weighted by molar-refractivity contribution is 5.84. The Hall–Kier alpha value is -2.24. The molecule has 2 heterocycles. The molecule has 0 bridgehead atoms. The Labute approximate surface area is 117 Å². The number of aromatic nitrogens is 3. The van der Waals surface area contributed by atoms with Crippen molar-refractivity contribution >= 4 is 10.8 Å². The highest BCUT2D eigenvalue weighted by atomic mass is 15.3. The Balaban J connectivity index is 2.17. The number of hydrogen-bond acceptors (Lipinski definition) is 4. The molecule has 2 aromatic heterocycles. The van der Waals surface area contributed by atoms with E-state index in [1.165, 1.54) is 0 Å². The van der Waals surface area contributed by atoms with Crippen molar-refractivity contribution in [2.24, 2.45) is 5.84 Å². The third-order valence-corrected chi connectivity index (χ3v) is 3.49. The van der Waals surface area contributed by atoms with E-state index in [0.29, 0.717) is 0 Å². The van der Waals surface area contributed by atoms with E-state index in [-0.39, 0.29) is 6.04 Å². The fourth-order valence-electron chi connectivity index (χ4n) is 2.50. The molecule has 0 aliphatic carbocycles. The lowest BCUT2D eigenvalue weighted by atomic mass is 10.0. The molecule has 3 rings (SSSR count). The Kier molecular flexibility index (Phi) is 3.45. The topological polar surface area (TPSA) is 68.8 Å². The number of nitrogens with zero attached hydrogens (tertiary/aromatic N) is 3. The summed E-state index contributed by atoms with van der Waals surface area (Å²) in [6, 6.07) is 9.92. The van der Waals surface area contributed by atoms with Gasteiger partial charge in [-0.2, -0.15) is 0 Å². The van der Waals surface area contributed by atoms with Crippen LogP contribution in [0.3, 0.4) is 0 Å². The fourth-order valence-corrected chi connectivity index (χ4v) is 2.50. The quantitative estimate of drug-likeness (QED) is 0.560. The molecule has 3 N–H and O–H groups in total. The summed E-state index contributed by atoms with van der Waals surface area (Å²) in [5.74, 6) is 6.64. The molecule has 0 radical (unpaired) electrons. The molecule has 0 saturated carbocycles. The van der Waals surface area contributed by atoms with Gasteiger partial charge < -0.3 is 4.57 Å². The second kappa shape index (κ2) is 5.40. The molecule has 0 fully saturated rings. The average Bonchev–Trinajstić information content (AvgIpc) is 2.97. The van der Waals surface area contributed by atoms with Gasteiger partial charge in [-0.1, -0.05) is 24.3 Å². The molecule has 0 aliphatic rings. The Morgan fingerprint density at radius 3 is 2.85 bits per heavy atom. The highest BCUT2D eigenvalue weighted by Gasteiger charge is 2.20. The van der Waals surface area contributed by atoms with Crippen molar-refractivity contribution in [1.29, 1.82) is 0 Å². The molecular formula is C15H17N5. The van der Waals surface area contributed by atoms with Gasteiger partial charge in [0.1, 0.15) is 11.9 Å². The van der Waals surface area contributed by atoms with E-state index < -0.39 is 0 Å². The maximum absolute atomic E-state index is 5.77. The van der Waals surface area contributed by atoms with E-state index in [4.69, 9.17) is 5.84 Å². The molecule has 0 spiro atoms. The van der Waals surface area contributed by atoms with Crippen LogP contribution in [-0.2, 0) is 6.54 Å². The minimum Gasteiger partial charge on any atom is -0.334 e. The molecule has 5 heteroatoms. The van der Waals surface area contributed by atoms with Gasteiger partial charge in [-0.25, -0.2) is 10.4 Å². The van der Waals surface area contributed by atoms with Gasteiger partial charge in [0.2, 0.25) is 0 Å². The minimum absolute atomic E-state index is 0.226. The summed E-state index contributed by atoms with van der Waals surface area (Å²) in [5.41, 5.74) is 3.74. The summed E-state index contributed by atoms with van der Waals surface area (Å²) < 4.78 is 2.06. The summed E-state index contributed by atoms with van der Waals surface area (Å²) in [6.45, 7) is 2.92. The fraction of sp³-hybridized carbons (Fsp3) is 0.200. The summed E-state index contributed by atoms with van der Waals surface area (Å²) in [4.78, 5) is 8.94. The minimum atomic E-state index is -0.226. The van der Waals surface area contributed by atoms with Crippen molar-refractivity contribution in [1.82, 2.24) is 20.0 Å². The Bertz CT molecular complexity index is 714. The number of imidazole rings is 1. The van der Waals surface area contributed by atoms with E-state index in [9.17, 15) is 0 Å². The van der Waals surface area contributed by atoms with Crippen molar-refractivity contribution in [3.63, 3.8) is 0 Å². The van der Waals surface area contributed by atoms with Crippen molar-refractivity contribution < 1.29 is 0 Å². The highest BCUT2D eigenvalue weighted by Crippen LogP contribution is 2.25. The van der Waals surface area contributed by atoms with Crippen molar-refractivity contribution in [3.05, 3.63) is 60.4 Å². The molecule has 0 aliphatic heterocycles.